The number of rotatable bonds is 2. The number of hydrogen-bond donors (Lipinski definition) is 3. The first-order valence-corrected chi connectivity index (χ1v) is 4.05. The average molecular weight is 244 g/mol. The van der Waals surface area contributed by atoms with Crippen LogP contribution in [0.15, 0.2) is 11.4 Å². The molecule has 0 radical (unpaired) electrons. The molecular weight excluding hydrogens is 225 g/mol. The van der Waals surface area contributed by atoms with Gasteiger partial charge in [-0.05, 0) is 13.5 Å². The van der Waals surface area contributed by atoms with Crippen molar-refractivity contribution in [1.82, 2.24) is 10.1 Å². The van der Waals surface area contributed by atoms with Crippen molar-refractivity contribution >= 4 is 24.8 Å². The van der Waals surface area contributed by atoms with Crippen LogP contribution in [0.2, 0.25) is 0 Å². The zero-order chi connectivity index (χ0) is 9.30. The molecule has 1 unspecified atom stereocenters. The Morgan fingerprint density at radius 1 is 1.36 bits per heavy atom. The summed E-state index contributed by atoms with van der Waals surface area (Å²) in [6.45, 7) is 2.57. The Kier molecular flexibility index (Phi) is 7.32. The van der Waals surface area contributed by atoms with Gasteiger partial charge in [-0.3, -0.25) is 5.01 Å². The van der Waals surface area contributed by atoms with Crippen LogP contribution < -0.4 is 17.3 Å². The number of nitrogens with two attached hydrogens (primary N) is 3. The van der Waals surface area contributed by atoms with E-state index in [9.17, 15) is 0 Å². The van der Waals surface area contributed by atoms with E-state index in [0.717, 1.165) is 17.8 Å². The summed E-state index contributed by atoms with van der Waals surface area (Å²) in [4.78, 5) is 0. The molecule has 1 atom stereocenters. The second-order valence-electron chi connectivity index (χ2n) is 3.02. The van der Waals surface area contributed by atoms with E-state index in [2.05, 4.69) is 0 Å². The fourth-order valence-corrected chi connectivity index (χ4v) is 1.41. The van der Waals surface area contributed by atoms with Gasteiger partial charge in [0.25, 0.3) is 0 Å². The van der Waals surface area contributed by atoms with Crippen molar-refractivity contribution in [3.8, 4) is 0 Å². The van der Waals surface area contributed by atoms with Crippen molar-refractivity contribution in [2.45, 2.75) is 19.4 Å². The van der Waals surface area contributed by atoms with Crippen LogP contribution in [-0.2, 0) is 0 Å². The maximum absolute atomic E-state index is 5.85. The number of hydrogen-bond acceptors (Lipinski definition) is 5. The van der Waals surface area contributed by atoms with Crippen LogP contribution in [0.1, 0.15) is 13.3 Å². The Hall–Kier alpha value is -0.200. The van der Waals surface area contributed by atoms with Gasteiger partial charge in [-0.15, -0.1) is 24.8 Å². The molecule has 1 aliphatic heterocycles. The molecular formula is C7H19Cl2N5. The van der Waals surface area contributed by atoms with E-state index in [1.54, 1.807) is 5.12 Å². The summed E-state index contributed by atoms with van der Waals surface area (Å²) in [5, 5.41) is 3.47. The van der Waals surface area contributed by atoms with Gasteiger partial charge in [0.2, 0.25) is 0 Å². The lowest BCUT2D eigenvalue weighted by molar-refractivity contribution is 0.0318. The zero-order valence-corrected chi connectivity index (χ0v) is 10.1. The molecule has 0 saturated carbocycles. The molecule has 7 heteroatoms. The Labute approximate surface area is 97.0 Å². The highest BCUT2D eigenvalue weighted by molar-refractivity contribution is 5.85. The van der Waals surface area contributed by atoms with Crippen LogP contribution >= 0.6 is 24.8 Å². The summed E-state index contributed by atoms with van der Waals surface area (Å²) in [6, 6.07) is 0.0801. The highest BCUT2D eigenvalue weighted by Gasteiger charge is 2.29. The minimum Gasteiger partial charge on any atom is -0.399 e. The molecule has 1 aliphatic rings. The van der Waals surface area contributed by atoms with Crippen molar-refractivity contribution in [1.29, 1.82) is 0 Å². The van der Waals surface area contributed by atoms with E-state index in [1.165, 1.54) is 0 Å². The summed E-state index contributed by atoms with van der Waals surface area (Å²) in [5.74, 6) is 5.73. The van der Waals surface area contributed by atoms with E-state index >= 15 is 0 Å². The number of halogens is 2. The van der Waals surface area contributed by atoms with Crippen molar-refractivity contribution in [3.05, 3.63) is 11.4 Å². The minimum absolute atomic E-state index is 0. The normalized spacial score (nSPS) is 22.0. The maximum Gasteiger partial charge on any atom is 0.0832 e. The molecule has 0 saturated heterocycles. The molecule has 0 fully saturated rings. The lowest BCUT2D eigenvalue weighted by Crippen LogP contribution is -2.45. The van der Waals surface area contributed by atoms with Gasteiger partial charge in [0.15, 0.2) is 0 Å². The first-order chi connectivity index (χ1) is 5.59. The predicted molar refractivity (Wildman–Crippen MR) is 62.6 cm³/mol. The van der Waals surface area contributed by atoms with Gasteiger partial charge in [-0.25, -0.2) is 5.84 Å². The summed E-state index contributed by atoms with van der Waals surface area (Å²) >= 11 is 0. The Morgan fingerprint density at radius 3 is 2.14 bits per heavy atom. The fraction of sp³-hybridized carbons (Fsp3) is 0.714. The Balaban J connectivity index is 0. The van der Waals surface area contributed by atoms with Gasteiger partial charge in [-0.2, -0.15) is 5.12 Å². The number of nitrogens with zero attached hydrogens (tertiary/aromatic N) is 2. The lowest BCUT2D eigenvalue weighted by Gasteiger charge is -2.26. The molecule has 1 rings (SSSR count). The van der Waals surface area contributed by atoms with Crippen molar-refractivity contribution in [2.24, 2.45) is 17.3 Å². The zero-order valence-electron chi connectivity index (χ0n) is 8.43. The van der Waals surface area contributed by atoms with Gasteiger partial charge in [-0.1, -0.05) is 0 Å². The molecule has 5 nitrogen and oxygen atoms in total. The highest BCUT2D eigenvalue weighted by atomic mass is 35.5. The quantitative estimate of drug-likeness (QED) is 0.584. The molecule has 86 valence electrons. The third-order valence-electron chi connectivity index (χ3n) is 2.30. The standard InChI is InChI=1S/C7H17N5.2ClH/c1-5-7(9)6(3-4-8)11(2)12(5)10;;/h5H,3-4,8-10H2,1-2H3;2*1H. The molecule has 0 aromatic rings. The van der Waals surface area contributed by atoms with Crippen molar-refractivity contribution in [3.63, 3.8) is 0 Å². The molecule has 6 N–H and O–H groups in total. The molecule has 0 amide bonds. The third-order valence-corrected chi connectivity index (χ3v) is 2.30. The first-order valence-electron chi connectivity index (χ1n) is 4.05. The Bertz CT molecular complexity index is 208. The van der Waals surface area contributed by atoms with E-state index in [1.807, 2.05) is 19.0 Å². The largest absolute Gasteiger partial charge is 0.399 e. The molecule has 0 spiro atoms. The van der Waals surface area contributed by atoms with Gasteiger partial charge in [0.1, 0.15) is 0 Å². The third kappa shape index (κ3) is 2.65. The van der Waals surface area contributed by atoms with E-state index in [0.29, 0.717) is 6.54 Å². The molecule has 1 heterocycles. The first kappa shape index (κ1) is 16.2. The molecule has 0 aromatic carbocycles. The molecule has 0 aromatic heterocycles. The van der Waals surface area contributed by atoms with E-state index in [4.69, 9.17) is 17.3 Å². The molecule has 0 bridgehead atoms. The average Bonchev–Trinajstić information content (AvgIpc) is 2.23. The summed E-state index contributed by atoms with van der Waals surface area (Å²) < 4.78 is 0. The van der Waals surface area contributed by atoms with E-state index < -0.39 is 0 Å². The van der Waals surface area contributed by atoms with Crippen molar-refractivity contribution in [2.75, 3.05) is 13.6 Å². The van der Waals surface area contributed by atoms with Crippen molar-refractivity contribution < 1.29 is 0 Å². The van der Waals surface area contributed by atoms with Crippen LogP contribution in [0.3, 0.4) is 0 Å². The summed E-state index contributed by atoms with van der Waals surface area (Å²) in [6.07, 6.45) is 0.778. The summed E-state index contributed by atoms with van der Waals surface area (Å²) in [7, 11) is 1.89. The monoisotopic (exact) mass is 243 g/mol. The predicted octanol–water partition coefficient (Wildman–Crippen LogP) is -0.226. The van der Waals surface area contributed by atoms with E-state index in [-0.39, 0.29) is 30.9 Å². The molecule has 0 aliphatic carbocycles. The minimum atomic E-state index is 0. The van der Waals surface area contributed by atoms with Gasteiger partial charge in [0.05, 0.1) is 11.7 Å². The second-order valence-corrected chi connectivity index (χ2v) is 3.02. The van der Waals surface area contributed by atoms with Gasteiger partial charge in [0, 0.05) is 19.2 Å². The highest BCUT2D eigenvalue weighted by Crippen LogP contribution is 2.23. The van der Waals surface area contributed by atoms with Crippen LogP contribution in [-0.4, -0.2) is 29.8 Å². The topological polar surface area (TPSA) is 84.5 Å². The number of hydrazine groups is 2. The second kappa shape index (κ2) is 6.31. The van der Waals surface area contributed by atoms with Crippen LogP contribution in [0.5, 0.6) is 0 Å². The maximum atomic E-state index is 5.85. The molecule has 14 heavy (non-hydrogen) atoms. The SMILES string of the molecule is CC1C(N)=C(CCN)N(C)N1N.Cl.Cl. The van der Waals surface area contributed by atoms with Crippen LogP contribution in [0, 0.1) is 0 Å². The van der Waals surface area contributed by atoms with Gasteiger partial charge < -0.3 is 11.5 Å². The smallest absolute Gasteiger partial charge is 0.0832 e. The van der Waals surface area contributed by atoms with Crippen LogP contribution in [0.4, 0.5) is 0 Å². The van der Waals surface area contributed by atoms with Gasteiger partial charge >= 0.3 is 0 Å². The fourth-order valence-electron chi connectivity index (χ4n) is 1.41. The lowest BCUT2D eigenvalue weighted by atomic mass is 10.2. The summed E-state index contributed by atoms with van der Waals surface area (Å²) in [5.41, 5.74) is 13.2. The Morgan fingerprint density at radius 2 is 1.86 bits per heavy atom. The van der Waals surface area contributed by atoms with Crippen LogP contribution in [0.25, 0.3) is 0 Å².